The molecule has 0 bridgehead atoms. The van der Waals surface area contributed by atoms with Crippen molar-refractivity contribution in [1.82, 2.24) is 9.55 Å². The van der Waals surface area contributed by atoms with Crippen LogP contribution in [0.2, 0.25) is 0 Å². The SMILES string of the molecule is Cc1cc(C(=O)CCl)c(C)n1-c1ccc2ncccc2c1. The van der Waals surface area contributed by atoms with Crippen LogP contribution in [-0.4, -0.2) is 21.2 Å². The van der Waals surface area contributed by atoms with Crippen LogP contribution in [0.5, 0.6) is 0 Å². The Bertz CT molecular complexity index is 836. The molecule has 0 aliphatic heterocycles. The van der Waals surface area contributed by atoms with Gasteiger partial charge in [-0.2, -0.15) is 0 Å². The predicted octanol–water partition coefficient (Wildman–Crippen LogP) is 4.06. The Labute approximate surface area is 128 Å². The summed E-state index contributed by atoms with van der Waals surface area (Å²) in [6, 6.07) is 11.9. The lowest BCUT2D eigenvalue weighted by atomic mass is 10.1. The third-order valence-corrected chi connectivity index (χ3v) is 3.94. The van der Waals surface area contributed by atoms with E-state index in [-0.39, 0.29) is 11.7 Å². The van der Waals surface area contributed by atoms with E-state index < -0.39 is 0 Å². The van der Waals surface area contributed by atoms with E-state index in [1.165, 1.54) is 0 Å². The zero-order valence-corrected chi connectivity index (χ0v) is 12.7. The number of alkyl halides is 1. The van der Waals surface area contributed by atoms with Crippen molar-refractivity contribution in [3.63, 3.8) is 0 Å². The molecule has 0 saturated carbocycles. The maximum atomic E-state index is 11.9. The molecule has 0 amide bonds. The van der Waals surface area contributed by atoms with Crippen molar-refractivity contribution in [1.29, 1.82) is 0 Å². The van der Waals surface area contributed by atoms with Gasteiger partial charge in [0.25, 0.3) is 0 Å². The van der Waals surface area contributed by atoms with Gasteiger partial charge in [-0.1, -0.05) is 6.07 Å². The highest BCUT2D eigenvalue weighted by atomic mass is 35.5. The van der Waals surface area contributed by atoms with Crippen LogP contribution in [0, 0.1) is 13.8 Å². The standard InChI is InChI=1S/C17H15ClN2O/c1-11-8-15(17(21)10-18)12(2)20(11)14-5-6-16-13(9-14)4-3-7-19-16/h3-9H,10H2,1-2H3. The van der Waals surface area contributed by atoms with E-state index in [2.05, 4.69) is 15.6 Å². The van der Waals surface area contributed by atoms with Gasteiger partial charge in [0.1, 0.15) is 0 Å². The second kappa shape index (κ2) is 5.34. The number of aromatic nitrogens is 2. The molecular weight excluding hydrogens is 284 g/mol. The summed E-state index contributed by atoms with van der Waals surface area (Å²) in [5, 5.41) is 1.08. The quantitative estimate of drug-likeness (QED) is 0.540. The van der Waals surface area contributed by atoms with Gasteiger partial charge in [-0.15, -0.1) is 11.6 Å². The van der Waals surface area contributed by atoms with Gasteiger partial charge in [-0.3, -0.25) is 9.78 Å². The van der Waals surface area contributed by atoms with E-state index in [0.717, 1.165) is 28.0 Å². The molecule has 1 aromatic carbocycles. The van der Waals surface area contributed by atoms with Crippen LogP contribution < -0.4 is 0 Å². The number of Topliss-reactive ketones (excluding diaryl/α,β-unsaturated/α-hetero) is 1. The molecule has 2 aromatic heterocycles. The minimum Gasteiger partial charge on any atom is -0.318 e. The molecule has 0 aliphatic carbocycles. The molecule has 3 rings (SSSR count). The van der Waals surface area contributed by atoms with Crippen molar-refractivity contribution in [2.75, 3.05) is 5.88 Å². The van der Waals surface area contributed by atoms with Gasteiger partial charge >= 0.3 is 0 Å². The Kier molecular flexibility index (Phi) is 3.52. The first-order valence-corrected chi connectivity index (χ1v) is 7.28. The number of aryl methyl sites for hydroxylation is 1. The summed E-state index contributed by atoms with van der Waals surface area (Å²) in [6.45, 7) is 3.94. The van der Waals surface area contributed by atoms with Crippen LogP contribution in [-0.2, 0) is 0 Å². The third kappa shape index (κ3) is 2.34. The summed E-state index contributed by atoms with van der Waals surface area (Å²) in [7, 11) is 0. The summed E-state index contributed by atoms with van der Waals surface area (Å²) in [6.07, 6.45) is 1.78. The van der Waals surface area contributed by atoms with E-state index in [1.807, 2.05) is 44.2 Å². The lowest BCUT2D eigenvalue weighted by Gasteiger charge is -2.10. The van der Waals surface area contributed by atoms with E-state index in [1.54, 1.807) is 6.20 Å². The molecule has 0 spiro atoms. The van der Waals surface area contributed by atoms with Gasteiger partial charge in [-0.05, 0) is 44.2 Å². The van der Waals surface area contributed by atoms with Crippen molar-refractivity contribution in [2.45, 2.75) is 13.8 Å². The van der Waals surface area contributed by atoms with E-state index >= 15 is 0 Å². The average Bonchev–Trinajstić information content (AvgIpc) is 2.81. The predicted molar refractivity (Wildman–Crippen MR) is 85.6 cm³/mol. The highest BCUT2D eigenvalue weighted by molar-refractivity contribution is 6.30. The minimum atomic E-state index is -0.0431. The Balaban J connectivity index is 2.18. The van der Waals surface area contributed by atoms with Crippen LogP contribution in [0.3, 0.4) is 0 Å². The Morgan fingerprint density at radius 3 is 2.81 bits per heavy atom. The van der Waals surface area contributed by atoms with Gasteiger partial charge in [-0.25, -0.2) is 0 Å². The maximum Gasteiger partial charge on any atom is 0.179 e. The largest absolute Gasteiger partial charge is 0.318 e. The number of benzene rings is 1. The highest BCUT2D eigenvalue weighted by Gasteiger charge is 2.15. The Hall–Kier alpha value is -2.13. The van der Waals surface area contributed by atoms with Crippen LogP contribution in [0.1, 0.15) is 21.7 Å². The summed E-state index contributed by atoms with van der Waals surface area (Å²) < 4.78 is 2.08. The van der Waals surface area contributed by atoms with E-state index in [0.29, 0.717) is 5.56 Å². The summed E-state index contributed by atoms with van der Waals surface area (Å²) in [5.74, 6) is -0.0372. The van der Waals surface area contributed by atoms with Crippen molar-refractivity contribution >= 4 is 28.3 Å². The molecule has 0 fully saturated rings. The fraction of sp³-hybridized carbons (Fsp3) is 0.176. The van der Waals surface area contributed by atoms with Crippen molar-refractivity contribution in [3.8, 4) is 5.69 Å². The van der Waals surface area contributed by atoms with Gasteiger partial charge in [0, 0.05) is 34.2 Å². The first-order chi connectivity index (χ1) is 10.1. The number of rotatable bonds is 3. The maximum absolute atomic E-state index is 11.9. The molecule has 2 heterocycles. The van der Waals surface area contributed by atoms with Crippen molar-refractivity contribution in [3.05, 3.63) is 59.5 Å². The lowest BCUT2D eigenvalue weighted by Crippen LogP contribution is -2.04. The van der Waals surface area contributed by atoms with E-state index in [4.69, 9.17) is 11.6 Å². The Morgan fingerprint density at radius 2 is 2.05 bits per heavy atom. The molecule has 3 aromatic rings. The van der Waals surface area contributed by atoms with Crippen LogP contribution in [0.4, 0.5) is 0 Å². The number of ketones is 1. The van der Waals surface area contributed by atoms with Crippen LogP contribution in [0.15, 0.2) is 42.6 Å². The van der Waals surface area contributed by atoms with E-state index in [9.17, 15) is 4.79 Å². The number of carbonyl (C=O) groups is 1. The first kappa shape index (κ1) is 13.8. The first-order valence-electron chi connectivity index (χ1n) is 6.75. The number of carbonyl (C=O) groups excluding carboxylic acids is 1. The molecule has 0 atom stereocenters. The normalized spacial score (nSPS) is 11.0. The number of pyridine rings is 1. The minimum absolute atomic E-state index is 0.00589. The van der Waals surface area contributed by atoms with Gasteiger partial charge < -0.3 is 4.57 Å². The van der Waals surface area contributed by atoms with Gasteiger partial charge in [0.15, 0.2) is 5.78 Å². The third-order valence-electron chi connectivity index (χ3n) is 3.70. The topological polar surface area (TPSA) is 34.9 Å². The van der Waals surface area contributed by atoms with Gasteiger partial charge in [0.2, 0.25) is 0 Å². The fourth-order valence-electron chi connectivity index (χ4n) is 2.72. The average molecular weight is 299 g/mol. The number of halogens is 1. The van der Waals surface area contributed by atoms with Gasteiger partial charge in [0.05, 0.1) is 11.4 Å². The molecule has 4 heteroatoms. The van der Waals surface area contributed by atoms with Crippen molar-refractivity contribution in [2.24, 2.45) is 0 Å². The molecule has 0 N–H and O–H groups in total. The smallest absolute Gasteiger partial charge is 0.179 e. The number of fused-ring (bicyclic) bond motifs is 1. The number of hydrogen-bond acceptors (Lipinski definition) is 2. The number of hydrogen-bond donors (Lipinski definition) is 0. The molecule has 21 heavy (non-hydrogen) atoms. The zero-order valence-electron chi connectivity index (χ0n) is 11.9. The second-order valence-corrected chi connectivity index (χ2v) is 5.32. The van der Waals surface area contributed by atoms with Crippen LogP contribution in [0.25, 0.3) is 16.6 Å². The zero-order chi connectivity index (χ0) is 15.0. The molecular formula is C17H15ClN2O. The fourth-order valence-corrected chi connectivity index (χ4v) is 2.86. The second-order valence-electron chi connectivity index (χ2n) is 5.06. The van der Waals surface area contributed by atoms with Crippen molar-refractivity contribution < 1.29 is 4.79 Å². The summed E-state index contributed by atoms with van der Waals surface area (Å²) >= 11 is 5.68. The summed E-state index contributed by atoms with van der Waals surface area (Å²) in [5.41, 5.74) is 4.61. The monoisotopic (exact) mass is 298 g/mol. The highest BCUT2D eigenvalue weighted by Crippen LogP contribution is 2.24. The molecule has 3 nitrogen and oxygen atoms in total. The molecule has 106 valence electrons. The van der Waals surface area contributed by atoms with Crippen LogP contribution >= 0.6 is 11.6 Å². The lowest BCUT2D eigenvalue weighted by molar-refractivity contribution is 0.102. The number of nitrogens with zero attached hydrogens (tertiary/aromatic N) is 2. The molecule has 0 unspecified atom stereocenters. The molecule has 0 radical (unpaired) electrons. The molecule has 0 aliphatic rings. The molecule has 0 saturated heterocycles. The summed E-state index contributed by atoms with van der Waals surface area (Å²) in [4.78, 5) is 16.2. The Morgan fingerprint density at radius 1 is 1.24 bits per heavy atom.